The first-order chi connectivity index (χ1) is 10.9. The van der Waals surface area contributed by atoms with Crippen LogP contribution in [0.5, 0.6) is 0 Å². The molecule has 2 aromatic carbocycles. The molecule has 1 heterocycles. The SMILES string of the molecule is Cc1ccc(-c2cc(N3CCNC3=O)ccc2S(=O)(=O)O)cc1. The number of anilines is 1. The Balaban J connectivity index is 2.16. The van der Waals surface area contributed by atoms with E-state index in [9.17, 15) is 17.8 Å². The molecule has 0 aliphatic carbocycles. The van der Waals surface area contributed by atoms with Gasteiger partial charge in [-0.15, -0.1) is 0 Å². The van der Waals surface area contributed by atoms with Crippen LogP contribution in [0.1, 0.15) is 5.56 Å². The molecule has 120 valence electrons. The van der Waals surface area contributed by atoms with Crippen LogP contribution in [0.4, 0.5) is 10.5 Å². The van der Waals surface area contributed by atoms with E-state index >= 15 is 0 Å². The van der Waals surface area contributed by atoms with Crippen molar-refractivity contribution in [3.63, 3.8) is 0 Å². The second kappa shape index (κ2) is 5.68. The highest BCUT2D eigenvalue weighted by atomic mass is 32.2. The van der Waals surface area contributed by atoms with Crippen molar-refractivity contribution < 1.29 is 17.8 Å². The lowest BCUT2D eigenvalue weighted by Gasteiger charge is -2.17. The maximum absolute atomic E-state index is 11.8. The highest BCUT2D eigenvalue weighted by Crippen LogP contribution is 2.32. The number of nitrogens with zero attached hydrogens (tertiary/aromatic N) is 1. The molecule has 2 aromatic rings. The van der Waals surface area contributed by atoms with Crippen LogP contribution in [0, 0.1) is 6.92 Å². The molecule has 7 heteroatoms. The van der Waals surface area contributed by atoms with Crippen molar-refractivity contribution in [2.24, 2.45) is 0 Å². The number of rotatable bonds is 3. The first-order valence-electron chi connectivity index (χ1n) is 7.10. The minimum absolute atomic E-state index is 0.176. The Bertz CT molecular complexity index is 860. The summed E-state index contributed by atoms with van der Waals surface area (Å²) in [5.74, 6) is 0. The maximum atomic E-state index is 11.8. The topological polar surface area (TPSA) is 86.7 Å². The number of amides is 2. The molecule has 0 saturated carbocycles. The first kappa shape index (κ1) is 15.5. The van der Waals surface area contributed by atoms with Gasteiger partial charge in [-0.2, -0.15) is 8.42 Å². The molecule has 1 aliphatic heterocycles. The lowest BCUT2D eigenvalue weighted by Crippen LogP contribution is -2.27. The second-order valence-corrected chi connectivity index (χ2v) is 6.80. The van der Waals surface area contributed by atoms with Crippen molar-refractivity contribution in [1.29, 1.82) is 0 Å². The lowest BCUT2D eigenvalue weighted by molar-refractivity contribution is 0.252. The fraction of sp³-hybridized carbons (Fsp3) is 0.188. The average molecular weight is 332 g/mol. The number of urea groups is 1. The average Bonchev–Trinajstić information content (AvgIpc) is 2.93. The third kappa shape index (κ3) is 3.06. The van der Waals surface area contributed by atoms with Crippen LogP contribution in [0.25, 0.3) is 11.1 Å². The summed E-state index contributed by atoms with van der Waals surface area (Å²) in [6.07, 6.45) is 0. The molecule has 0 spiro atoms. The predicted molar refractivity (Wildman–Crippen MR) is 87.2 cm³/mol. The van der Waals surface area contributed by atoms with Gasteiger partial charge in [0.1, 0.15) is 4.90 Å². The highest BCUT2D eigenvalue weighted by Gasteiger charge is 2.24. The Kier molecular flexibility index (Phi) is 3.83. The third-order valence-electron chi connectivity index (χ3n) is 3.77. The van der Waals surface area contributed by atoms with Gasteiger partial charge in [0, 0.05) is 24.3 Å². The number of hydrogen-bond acceptors (Lipinski definition) is 3. The number of nitrogens with one attached hydrogen (secondary N) is 1. The molecule has 1 saturated heterocycles. The van der Waals surface area contributed by atoms with Crippen LogP contribution in [0.2, 0.25) is 0 Å². The molecule has 2 N–H and O–H groups in total. The second-order valence-electron chi connectivity index (χ2n) is 5.41. The molecule has 2 amide bonds. The fourth-order valence-corrected chi connectivity index (χ4v) is 3.28. The molecule has 6 nitrogen and oxygen atoms in total. The zero-order valence-electron chi connectivity index (χ0n) is 12.5. The van der Waals surface area contributed by atoms with Crippen LogP contribution in [0.3, 0.4) is 0 Å². The van der Waals surface area contributed by atoms with Gasteiger partial charge in [-0.3, -0.25) is 9.45 Å². The Hall–Kier alpha value is -2.38. The number of aryl methyl sites for hydroxylation is 1. The van der Waals surface area contributed by atoms with E-state index < -0.39 is 10.1 Å². The van der Waals surface area contributed by atoms with Gasteiger partial charge in [-0.1, -0.05) is 29.8 Å². The van der Waals surface area contributed by atoms with Gasteiger partial charge in [0.2, 0.25) is 0 Å². The van der Waals surface area contributed by atoms with Crippen LogP contribution < -0.4 is 10.2 Å². The zero-order valence-corrected chi connectivity index (χ0v) is 13.3. The molecule has 0 unspecified atom stereocenters. The monoisotopic (exact) mass is 332 g/mol. The summed E-state index contributed by atoms with van der Waals surface area (Å²) in [6, 6.07) is 11.5. The third-order valence-corrected chi connectivity index (χ3v) is 4.68. The van der Waals surface area contributed by atoms with E-state index in [2.05, 4.69) is 5.32 Å². The van der Waals surface area contributed by atoms with Crippen molar-refractivity contribution in [2.75, 3.05) is 18.0 Å². The number of carbonyl (C=O) groups is 1. The summed E-state index contributed by atoms with van der Waals surface area (Å²) in [5, 5.41) is 2.70. The number of benzene rings is 2. The van der Waals surface area contributed by atoms with Gasteiger partial charge >= 0.3 is 6.03 Å². The molecule has 23 heavy (non-hydrogen) atoms. The van der Waals surface area contributed by atoms with Gasteiger partial charge in [-0.05, 0) is 30.7 Å². The summed E-state index contributed by atoms with van der Waals surface area (Å²) in [7, 11) is -4.36. The summed E-state index contributed by atoms with van der Waals surface area (Å²) < 4.78 is 32.8. The van der Waals surface area contributed by atoms with E-state index in [1.54, 1.807) is 18.2 Å². The van der Waals surface area contributed by atoms with Crippen molar-refractivity contribution in [3.8, 4) is 11.1 Å². The van der Waals surface area contributed by atoms with Crippen molar-refractivity contribution >= 4 is 21.8 Å². The standard InChI is InChI=1S/C16H16N2O4S/c1-11-2-4-12(5-3-11)14-10-13(18-9-8-17-16(18)19)6-7-15(14)23(20,21)22/h2-7,10H,8-9H2,1H3,(H,17,19)(H,20,21,22). The van der Waals surface area contributed by atoms with Gasteiger partial charge in [0.25, 0.3) is 10.1 Å². The van der Waals surface area contributed by atoms with Gasteiger partial charge in [0.05, 0.1) is 0 Å². The normalized spacial score (nSPS) is 14.9. The Morgan fingerprint density at radius 3 is 2.39 bits per heavy atom. The summed E-state index contributed by atoms with van der Waals surface area (Å²) >= 11 is 0. The minimum atomic E-state index is -4.36. The van der Waals surface area contributed by atoms with Crippen LogP contribution in [-0.4, -0.2) is 32.1 Å². The van der Waals surface area contributed by atoms with Crippen molar-refractivity contribution in [1.82, 2.24) is 5.32 Å². The van der Waals surface area contributed by atoms with E-state index in [0.717, 1.165) is 5.56 Å². The van der Waals surface area contributed by atoms with Gasteiger partial charge in [-0.25, -0.2) is 4.79 Å². The zero-order chi connectivity index (χ0) is 16.6. The van der Waals surface area contributed by atoms with Crippen molar-refractivity contribution in [2.45, 2.75) is 11.8 Å². The van der Waals surface area contributed by atoms with E-state index in [4.69, 9.17) is 0 Å². The molecular weight excluding hydrogens is 316 g/mol. The molecule has 0 radical (unpaired) electrons. The number of hydrogen-bond donors (Lipinski definition) is 2. The van der Waals surface area contributed by atoms with E-state index in [1.165, 1.54) is 17.0 Å². The highest BCUT2D eigenvalue weighted by molar-refractivity contribution is 7.86. The van der Waals surface area contributed by atoms with E-state index in [1.807, 2.05) is 19.1 Å². The quantitative estimate of drug-likeness (QED) is 0.845. The smallest absolute Gasteiger partial charge is 0.321 e. The van der Waals surface area contributed by atoms with Crippen LogP contribution in [-0.2, 0) is 10.1 Å². The molecule has 0 aromatic heterocycles. The maximum Gasteiger partial charge on any atom is 0.321 e. The van der Waals surface area contributed by atoms with Crippen LogP contribution in [0.15, 0.2) is 47.4 Å². The molecular formula is C16H16N2O4S. The Morgan fingerprint density at radius 2 is 1.83 bits per heavy atom. The molecule has 0 bridgehead atoms. The molecule has 3 rings (SSSR count). The summed E-state index contributed by atoms with van der Waals surface area (Å²) in [6.45, 7) is 2.98. The minimum Gasteiger partial charge on any atom is -0.336 e. The summed E-state index contributed by atoms with van der Waals surface area (Å²) in [4.78, 5) is 13.2. The molecule has 1 aliphatic rings. The van der Waals surface area contributed by atoms with Crippen LogP contribution >= 0.6 is 0 Å². The van der Waals surface area contributed by atoms with Crippen molar-refractivity contribution in [3.05, 3.63) is 48.0 Å². The van der Waals surface area contributed by atoms with Gasteiger partial charge < -0.3 is 5.32 Å². The lowest BCUT2D eigenvalue weighted by atomic mass is 10.0. The number of carbonyl (C=O) groups excluding carboxylic acids is 1. The Labute approximate surface area is 134 Å². The van der Waals surface area contributed by atoms with E-state index in [-0.39, 0.29) is 10.9 Å². The fourth-order valence-electron chi connectivity index (χ4n) is 2.59. The molecule has 0 atom stereocenters. The first-order valence-corrected chi connectivity index (χ1v) is 8.54. The summed E-state index contributed by atoms with van der Waals surface area (Å²) in [5.41, 5.74) is 2.65. The Morgan fingerprint density at radius 1 is 1.13 bits per heavy atom. The predicted octanol–water partition coefficient (Wildman–Crippen LogP) is 2.44. The van der Waals surface area contributed by atoms with E-state index in [0.29, 0.717) is 29.9 Å². The largest absolute Gasteiger partial charge is 0.336 e. The van der Waals surface area contributed by atoms with Gasteiger partial charge in [0.15, 0.2) is 0 Å². The molecule has 1 fully saturated rings.